The topological polar surface area (TPSA) is 77.0 Å². The molecule has 5 heteroatoms. The fourth-order valence-corrected chi connectivity index (χ4v) is 1.62. The van der Waals surface area contributed by atoms with Crippen LogP contribution in [0.25, 0.3) is 0 Å². The molecule has 0 radical (unpaired) electrons. The number of benzene rings is 2. The third kappa shape index (κ3) is 2.74. The first-order chi connectivity index (χ1) is 9.67. The maximum Gasteiger partial charge on any atom is 0.167 e. The summed E-state index contributed by atoms with van der Waals surface area (Å²) in [5.41, 5.74) is 0.945. The van der Waals surface area contributed by atoms with Crippen molar-refractivity contribution in [3.05, 3.63) is 58.9 Å². The van der Waals surface area contributed by atoms with Crippen molar-refractivity contribution in [2.45, 2.75) is 6.61 Å². The van der Waals surface area contributed by atoms with Crippen molar-refractivity contribution in [2.75, 3.05) is 0 Å². The monoisotopic (exact) mass is 268 g/mol. The number of hydrogen-bond donors (Lipinski definition) is 1. The lowest BCUT2D eigenvalue weighted by molar-refractivity contribution is 0.281. The molecule has 0 bridgehead atoms. The highest BCUT2D eigenvalue weighted by Crippen LogP contribution is 2.28. The summed E-state index contributed by atoms with van der Waals surface area (Å²) in [5.74, 6) is -0.565. The normalized spacial score (nSPS) is 9.60. The summed E-state index contributed by atoms with van der Waals surface area (Å²) >= 11 is 0. The van der Waals surface area contributed by atoms with Crippen LogP contribution in [0.15, 0.2) is 36.4 Å². The van der Waals surface area contributed by atoms with Crippen LogP contribution in [0.1, 0.15) is 16.7 Å². The minimum absolute atomic E-state index is 0.0720. The molecule has 0 unspecified atom stereocenters. The first kappa shape index (κ1) is 13.5. The van der Waals surface area contributed by atoms with Gasteiger partial charge in [0.05, 0.1) is 23.8 Å². The van der Waals surface area contributed by atoms with E-state index < -0.39 is 5.82 Å². The predicted molar refractivity (Wildman–Crippen MR) is 68.3 cm³/mol. The van der Waals surface area contributed by atoms with Crippen molar-refractivity contribution < 1.29 is 14.2 Å². The maximum absolute atomic E-state index is 13.7. The molecule has 0 saturated heterocycles. The summed E-state index contributed by atoms with van der Waals surface area (Å²) in [6.45, 7) is -0.194. The van der Waals surface area contributed by atoms with E-state index in [2.05, 4.69) is 0 Å². The van der Waals surface area contributed by atoms with E-state index in [1.54, 1.807) is 6.07 Å². The Bertz CT molecular complexity index is 730. The molecule has 0 aliphatic carbocycles. The number of rotatable bonds is 3. The summed E-state index contributed by atoms with van der Waals surface area (Å²) in [6, 6.07) is 12.1. The Morgan fingerprint density at radius 2 is 1.80 bits per heavy atom. The van der Waals surface area contributed by atoms with Crippen LogP contribution in [0.5, 0.6) is 11.5 Å². The van der Waals surface area contributed by atoms with Crippen molar-refractivity contribution in [3.63, 3.8) is 0 Å². The Morgan fingerprint density at radius 1 is 1.05 bits per heavy atom. The molecule has 0 amide bonds. The molecule has 0 heterocycles. The molecule has 0 spiro atoms. The highest BCUT2D eigenvalue weighted by atomic mass is 19.1. The molecule has 20 heavy (non-hydrogen) atoms. The minimum atomic E-state index is -0.681. The van der Waals surface area contributed by atoms with Crippen molar-refractivity contribution >= 4 is 0 Å². The van der Waals surface area contributed by atoms with E-state index in [9.17, 15) is 4.39 Å². The standard InChI is InChI=1S/C15H9FN2O2/c16-13-6-10(7-17)1-4-15(13)20-14-3-2-11(9-19)5-12(14)8-18/h1-6,19H,9H2. The first-order valence-corrected chi connectivity index (χ1v) is 5.69. The molecular formula is C15H9FN2O2. The Morgan fingerprint density at radius 3 is 2.40 bits per heavy atom. The number of aliphatic hydroxyl groups is 1. The number of nitrogens with zero attached hydrogens (tertiary/aromatic N) is 2. The van der Waals surface area contributed by atoms with E-state index in [0.717, 1.165) is 6.07 Å². The van der Waals surface area contributed by atoms with E-state index in [1.165, 1.54) is 24.3 Å². The summed E-state index contributed by atoms with van der Waals surface area (Å²) in [5, 5.41) is 26.7. The lowest BCUT2D eigenvalue weighted by atomic mass is 10.1. The molecule has 0 fully saturated rings. The molecule has 0 aromatic heterocycles. The Balaban J connectivity index is 2.36. The molecule has 2 aromatic rings. The Hall–Kier alpha value is -2.89. The van der Waals surface area contributed by atoms with Gasteiger partial charge in [0.25, 0.3) is 0 Å². The zero-order chi connectivity index (χ0) is 14.5. The number of aliphatic hydroxyl groups excluding tert-OH is 1. The van der Waals surface area contributed by atoms with Gasteiger partial charge < -0.3 is 9.84 Å². The number of hydrogen-bond acceptors (Lipinski definition) is 4. The van der Waals surface area contributed by atoms with Crippen molar-refractivity contribution in [1.82, 2.24) is 0 Å². The van der Waals surface area contributed by atoms with E-state index in [0.29, 0.717) is 5.56 Å². The number of nitriles is 2. The average molecular weight is 268 g/mol. The lowest BCUT2D eigenvalue weighted by Gasteiger charge is -2.09. The fraction of sp³-hybridized carbons (Fsp3) is 0.0667. The zero-order valence-corrected chi connectivity index (χ0v) is 10.3. The van der Waals surface area contributed by atoms with Gasteiger partial charge in [0.2, 0.25) is 0 Å². The molecule has 98 valence electrons. The third-order valence-electron chi connectivity index (χ3n) is 2.63. The predicted octanol–water partition coefficient (Wildman–Crippen LogP) is 2.85. The number of ether oxygens (including phenoxy) is 1. The van der Waals surface area contributed by atoms with Gasteiger partial charge >= 0.3 is 0 Å². The van der Waals surface area contributed by atoms with Gasteiger partial charge in [-0.15, -0.1) is 0 Å². The van der Waals surface area contributed by atoms with Crippen molar-refractivity contribution in [3.8, 4) is 23.6 Å². The fourth-order valence-electron chi connectivity index (χ4n) is 1.62. The summed E-state index contributed by atoms with van der Waals surface area (Å²) in [6.07, 6.45) is 0. The van der Waals surface area contributed by atoms with E-state index in [4.69, 9.17) is 20.4 Å². The molecule has 0 atom stereocenters. The molecule has 1 N–H and O–H groups in total. The first-order valence-electron chi connectivity index (χ1n) is 5.69. The van der Waals surface area contributed by atoms with E-state index in [1.807, 2.05) is 12.1 Å². The Kier molecular flexibility index (Phi) is 3.95. The van der Waals surface area contributed by atoms with Crippen LogP contribution in [0.4, 0.5) is 4.39 Å². The van der Waals surface area contributed by atoms with Gasteiger partial charge in [0.15, 0.2) is 11.6 Å². The molecule has 2 rings (SSSR count). The third-order valence-corrected chi connectivity index (χ3v) is 2.63. The second-order valence-corrected chi connectivity index (χ2v) is 3.96. The molecule has 4 nitrogen and oxygen atoms in total. The van der Waals surface area contributed by atoms with Gasteiger partial charge in [-0.05, 0) is 35.9 Å². The smallest absolute Gasteiger partial charge is 0.167 e. The molecule has 0 aliphatic heterocycles. The van der Waals surface area contributed by atoms with Gasteiger partial charge in [-0.2, -0.15) is 10.5 Å². The lowest BCUT2D eigenvalue weighted by Crippen LogP contribution is -1.93. The van der Waals surface area contributed by atoms with Crippen LogP contribution >= 0.6 is 0 Å². The maximum atomic E-state index is 13.7. The molecular weight excluding hydrogens is 259 g/mol. The van der Waals surface area contributed by atoms with Crippen LogP contribution in [0.3, 0.4) is 0 Å². The van der Waals surface area contributed by atoms with Crippen LogP contribution in [-0.4, -0.2) is 5.11 Å². The van der Waals surface area contributed by atoms with Crippen LogP contribution in [0.2, 0.25) is 0 Å². The second-order valence-electron chi connectivity index (χ2n) is 3.96. The van der Waals surface area contributed by atoms with Crippen LogP contribution in [-0.2, 0) is 6.61 Å². The van der Waals surface area contributed by atoms with E-state index >= 15 is 0 Å². The van der Waals surface area contributed by atoms with Gasteiger partial charge in [0, 0.05) is 0 Å². The quantitative estimate of drug-likeness (QED) is 0.928. The zero-order valence-electron chi connectivity index (χ0n) is 10.3. The van der Waals surface area contributed by atoms with Crippen molar-refractivity contribution in [2.24, 2.45) is 0 Å². The van der Waals surface area contributed by atoms with E-state index in [-0.39, 0.29) is 29.2 Å². The van der Waals surface area contributed by atoms with Crippen LogP contribution < -0.4 is 4.74 Å². The summed E-state index contributed by atoms with van der Waals surface area (Å²) in [7, 11) is 0. The largest absolute Gasteiger partial charge is 0.453 e. The SMILES string of the molecule is N#Cc1ccc(Oc2ccc(CO)cc2C#N)c(F)c1. The van der Waals surface area contributed by atoms with Gasteiger partial charge in [-0.1, -0.05) is 6.07 Å². The average Bonchev–Trinajstić information content (AvgIpc) is 2.49. The molecule has 0 aliphatic rings. The molecule has 0 saturated carbocycles. The van der Waals surface area contributed by atoms with Gasteiger partial charge in [0.1, 0.15) is 11.8 Å². The second kappa shape index (κ2) is 5.83. The highest BCUT2D eigenvalue weighted by Gasteiger charge is 2.10. The number of halogens is 1. The summed E-state index contributed by atoms with van der Waals surface area (Å²) in [4.78, 5) is 0. The molecule has 2 aromatic carbocycles. The minimum Gasteiger partial charge on any atom is -0.453 e. The van der Waals surface area contributed by atoms with Crippen LogP contribution in [0, 0.1) is 28.5 Å². The van der Waals surface area contributed by atoms with Crippen molar-refractivity contribution in [1.29, 1.82) is 10.5 Å². The summed E-state index contributed by atoms with van der Waals surface area (Å²) < 4.78 is 19.0. The van der Waals surface area contributed by atoms with Gasteiger partial charge in [-0.25, -0.2) is 4.39 Å². The Labute approximate surface area is 114 Å². The van der Waals surface area contributed by atoms with Gasteiger partial charge in [-0.3, -0.25) is 0 Å². The highest BCUT2D eigenvalue weighted by molar-refractivity contribution is 5.48.